The Hall–Kier alpha value is -1.29. The molecule has 0 aromatic carbocycles. The van der Waals surface area contributed by atoms with E-state index in [0.717, 1.165) is 11.7 Å². The van der Waals surface area contributed by atoms with E-state index in [9.17, 15) is 0 Å². The predicted octanol–water partition coefficient (Wildman–Crippen LogP) is 2.19. The van der Waals surface area contributed by atoms with Gasteiger partial charge in [0.25, 0.3) is 0 Å². The van der Waals surface area contributed by atoms with Crippen LogP contribution in [0.3, 0.4) is 0 Å². The second-order valence-corrected chi connectivity index (χ2v) is 6.49. The minimum atomic E-state index is 0.622. The van der Waals surface area contributed by atoms with Gasteiger partial charge in [-0.05, 0) is 56.8 Å². The third-order valence-electron chi connectivity index (χ3n) is 5.19. The lowest BCUT2D eigenvalue weighted by molar-refractivity contribution is 0.0975. The standard InChI is InChI=1S/C16H24N4/c1-2-8-20(7-1)16-4-3-14(11-17-16)18-15-12-19-9-5-13(15)6-10-19/h3-4,11,13,15,18H,1-2,5-10,12H2. The normalized spacial score (nSPS) is 32.6. The molecule has 1 atom stereocenters. The van der Waals surface area contributed by atoms with Crippen molar-refractivity contribution in [1.82, 2.24) is 9.88 Å². The highest BCUT2D eigenvalue weighted by molar-refractivity contribution is 5.49. The van der Waals surface area contributed by atoms with Gasteiger partial charge in [0.1, 0.15) is 5.82 Å². The van der Waals surface area contributed by atoms with E-state index >= 15 is 0 Å². The quantitative estimate of drug-likeness (QED) is 0.914. The predicted molar refractivity (Wildman–Crippen MR) is 82.3 cm³/mol. The summed E-state index contributed by atoms with van der Waals surface area (Å²) >= 11 is 0. The van der Waals surface area contributed by atoms with Gasteiger partial charge in [0, 0.05) is 25.7 Å². The van der Waals surface area contributed by atoms with E-state index in [1.54, 1.807) is 0 Å². The highest BCUT2D eigenvalue weighted by Gasteiger charge is 2.33. The highest BCUT2D eigenvalue weighted by Crippen LogP contribution is 2.30. The fourth-order valence-electron chi connectivity index (χ4n) is 3.95. The van der Waals surface area contributed by atoms with Crippen molar-refractivity contribution in [1.29, 1.82) is 0 Å². The van der Waals surface area contributed by atoms with Crippen LogP contribution < -0.4 is 10.2 Å². The highest BCUT2D eigenvalue weighted by atomic mass is 15.2. The third-order valence-corrected chi connectivity index (χ3v) is 5.19. The van der Waals surface area contributed by atoms with Crippen LogP contribution in [-0.4, -0.2) is 48.6 Å². The summed E-state index contributed by atoms with van der Waals surface area (Å²) in [5, 5.41) is 3.71. The fourth-order valence-corrected chi connectivity index (χ4v) is 3.95. The van der Waals surface area contributed by atoms with Gasteiger partial charge in [-0.25, -0.2) is 4.98 Å². The average Bonchev–Trinajstić information content (AvgIpc) is 3.04. The maximum absolute atomic E-state index is 4.64. The van der Waals surface area contributed by atoms with Crippen LogP contribution in [-0.2, 0) is 0 Å². The second kappa shape index (κ2) is 5.24. The van der Waals surface area contributed by atoms with Crippen LogP contribution in [0.25, 0.3) is 0 Å². The van der Waals surface area contributed by atoms with E-state index in [4.69, 9.17) is 0 Å². The van der Waals surface area contributed by atoms with Crippen LogP contribution in [0.15, 0.2) is 18.3 Å². The van der Waals surface area contributed by atoms with Gasteiger partial charge >= 0.3 is 0 Å². The molecule has 1 N–H and O–H groups in total. The van der Waals surface area contributed by atoms with Gasteiger partial charge in [-0.1, -0.05) is 0 Å². The van der Waals surface area contributed by atoms with E-state index in [1.807, 2.05) is 6.20 Å². The van der Waals surface area contributed by atoms with Crippen molar-refractivity contribution in [2.24, 2.45) is 5.92 Å². The molecule has 4 aliphatic rings. The molecule has 0 amide bonds. The van der Waals surface area contributed by atoms with Crippen molar-refractivity contribution in [3.8, 4) is 0 Å². The van der Waals surface area contributed by atoms with Gasteiger partial charge in [-0.2, -0.15) is 0 Å². The molecule has 108 valence electrons. The van der Waals surface area contributed by atoms with Gasteiger partial charge in [0.2, 0.25) is 0 Å². The van der Waals surface area contributed by atoms with E-state index in [2.05, 4.69) is 32.2 Å². The number of piperidine rings is 3. The first-order valence-corrected chi connectivity index (χ1v) is 8.08. The third kappa shape index (κ3) is 2.37. The maximum atomic E-state index is 4.64. The Morgan fingerprint density at radius 3 is 2.45 bits per heavy atom. The molecule has 20 heavy (non-hydrogen) atoms. The number of pyridine rings is 1. The molecule has 4 heteroatoms. The molecular weight excluding hydrogens is 248 g/mol. The zero-order chi connectivity index (χ0) is 13.4. The topological polar surface area (TPSA) is 31.4 Å². The lowest BCUT2D eigenvalue weighted by atomic mass is 9.84. The van der Waals surface area contributed by atoms with Crippen LogP contribution in [0, 0.1) is 5.92 Å². The van der Waals surface area contributed by atoms with Gasteiger partial charge in [-0.15, -0.1) is 0 Å². The molecule has 1 aromatic heterocycles. The smallest absolute Gasteiger partial charge is 0.128 e. The summed E-state index contributed by atoms with van der Waals surface area (Å²) in [4.78, 5) is 9.61. The summed E-state index contributed by atoms with van der Waals surface area (Å²) in [6.45, 7) is 6.14. The van der Waals surface area contributed by atoms with Crippen LogP contribution in [0.2, 0.25) is 0 Å². The van der Waals surface area contributed by atoms with Gasteiger partial charge < -0.3 is 15.1 Å². The Labute approximate surface area is 121 Å². The van der Waals surface area contributed by atoms with Gasteiger partial charge in [-0.3, -0.25) is 0 Å². The molecule has 4 saturated heterocycles. The number of nitrogens with zero attached hydrogens (tertiary/aromatic N) is 3. The zero-order valence-electron chi connectivity index (χ0n) is 12.1. The Bertz CT molecular complexity index is 444. The Kier molecular flexibility index (Phi) is 3.26. The fraction of sp³-hybridized carbons (Fsp3) is 0.688. The molecule has 0 radical (unpaired) electrons. The molecule has 4 fully saturated rings. The Morgan fingerprint density at radius 2 is 1.85 bits per heavy atom. The summed E-state index contributed by atoms with van der Waals surface area (Å²) in [5.74, 6) is 2.00. The molecule has 0 saturated carbocycles. The number of anilines is 2. The van der Waals surface area contributed by atoms with E-state index < -0.39 is 0 Å². The molecule has 5 heterocycles. The van der Waals surface area contributed by atoms with Crippen LogP contribution in [0.4, 0.5) is 11.5 Å². The zero-order valence-corrected chi connectivity index (χ0v) is 12.1. The Morgan fingerprint density at radius 1 is 1.05 bits per heavy atom. The van der Waals surface area contributed by atoms with Crippen molar-refractivity contribution < 1.29 is 0 Å². The van der Waals surface area contributed by atoms with E-state index in [-0.39, 0.29) is 0 Å². The SMILES string of the molecule is c1cc(N2CCCC2)ncc1NC1CN2CCC1CC2. The molecule has 2 bridgehead atoms. The van der Waals surface area contributed by atoms with Crippen LogP contribution in [0.5, 0.6) is 0 Å². The van der Waals surface area contributed by atoms with Crippen molar-refractivity contribution in [2.75, 3.05) is 42.9 Å². The van der Waals surface area contributed by atoms with E-state index in [0.29, 0.717) is 6.04 Å². The van der Waals surface area contributed by atoms with E-state index in [1.165, 1.54) is 64.1 Å². The van der Waals surface area contributed by atoms with Crippen molar-refractivity contribution in [2.45, 2.75) is 31.7 Å². The molecule has 4 aliphatic heterocycles. The summed E-state index contributed by atoms with van der Waals surface area (Å²) in [6.07, 6.45) is 7.35. The first kappa shape index (κ1) is 12.5. The molecule has 0 aliphatic carbocycles. The maximum Gasteiger partial charge on any atom is 0.128 e. The van der Waals surface area contributed by atoms with Crippen molar-refractivity contribution in [3.05, 3.63) is 18.3 Å². The first-order chi connectivity index (χ1) is 9.88. The van der Waals surface area contributed by atoms with Gasteiger partial charge in [0.05, 0.1) is 11.9 Å². The molecular formula is C16H24N4. The largest absolute Gasteiger partial charge is 0.379 e. The molecule has 5 rings (SSSR count). The molecule has 0 spiro atoms. The summed E-state index contributed by atoms with van der Waals surface area (Å²) in [6, 6.07) is 5.00. The molecule has 1 aromatic rings. The van der Waals surface area contributed by atoms with Crippen LogP contribution >= 0.6 is 0 Å². The number of nitrogens with one attached hydrogen (secondary N) is 1. The summed E-state index contributed by atoms with van der Waals surface area (Å²) in [5.41, 5.74) is 1.19. The number of hydrogen-bond donors (Lipinski definition) is 1. The minimum Gasteiger partial charge on any atom is -0.379 e. The number of hydrogen-bond acceptors (Lipinski definition) is 4. The molecule has 4 nitrogen and oxygen atoms in total. The van der Waals surface area contributed by atoms with Crippen LogP contribution in [0.1, 0.15) is 25.7 Å². The Balaban J connectivity index is 1.41. The van der Waals surface area contributed by atoms with Crippen molar-refractivity contribution in [3.63, 3.8) is 0 Å². The summed E-state index contributed by atoms with van der Waals surface area (Å²) in [7, 11) is 0. The monoisotopic (exact) mass is 272 g/mol. The average molecular weight is 272 g/mol. The lowest BCUT2D eigenvalue weighted by Gasteiger charge is -2.45. The van der Waals surface area contributed by atoms with Gasteiger partial charge in [0.15, 0.2) is 0 Å². The lowest BCUT2D eigenvalue weighted by Crippen LogP contribution is -2.53. The number of rotatable bonds is 3. The number of aromatic nitrogens is 1. The number of fused-ring (bicyclic) bond motifs is 3. The minimum absolute atomic E-state index is 0.622. The first-order valence-electron chi connectivity index (χ1n) is 8.08. The van der Waals surface area contributed by atoms with Crippen molar-refractivity contribution >= 4 is 11.5 Å². The molecule has 1 unspecified atom stereocenters. The summed E-state index contributed by atoms with van der Waals surface area (Å²) < 4.78 is 0. The second-order valence-electron chi connectivity index (χ2n) is 6.49.